The zero-order valence-corrected chi connectivity index (χ0v) is 15.0. The molecule has 3 rings (SSSR count). The lowest BCUT2D eigenvalue weighted by atomic mass is 9.97. The van der Waals surface area contributed by atoms with Gasteiger partial charge in [-0.3, -0.25) is 0 Å². The van der Waals surface area contributed by atoms with Crippen LogP contribution in [-0.4, -0.2) is 25.4 Å². The fourth-order valence-corrected chi connectivity index (χ4v) is 3.39. The Bertz CT molecular complexity index is 705. The van der Waals surface area contributed by atoms with Crippen LogP contribution in [0.2, 0.25) is 0 Å². The summed E-state index contributed by atoms with van der Waals surface area (Å²) >= 11 is 0. The highest BCUT2D eigenvalue weighted by molar-refractivity contribution is 5.37. The van der Waals surface area contributed by atoms with E-state index in [4.69, 9.17) is 14.2 Å². The number of rotatable bonds is 7. The summed E-state index contributed by atoms with van der Waals surface area (Å²) in [6, 6.07) is 14.5. The lowest BCUT2D eigenvalue weighted by Gasteiger charge is -2.26. The van der Waals surface area contributed by atoms with Crippen molar-refractivity contribution >= 4 is 0 Å². The zero-order valence-electron chi connectivity index (χ0n) is 15.0. The molecule has 4 heteroatoms. The first-order valence-electron chi connectivity index (χ1n) is 8.84. The number of benzene rings is 2. The summed E-state index contributed by atoms with van der Waals surface area (Å²) in [6.45, 7) is 3.37. The average Bonchev–Trinajstić information content (AvgIpc) is 3.16. The van der Waals surface area contributed by atoms with Crippen molar-refractivity contribution in [2.45, 2.75) is 38.6 Å². The monoisotopic (exact) mass is 342 g/mol. The molecule has 1 N–H and O–H groups in total. The Morgan fingerprint density at radius 3 is 2.40 bits per heavy atom. The van der Waals surface area contributed by atoms with E-state index in [0.29, 0.717) is 13.2 Å². The second-order valence-electron chi connectivity index (χ2n) is 6.31. The average molecular weight is 342 g/mol. The Morgan fingerprint density at radius 1 is 1.04 bits per heavy atom. The van der Waals surface area contributed by atoms with Crippen LogP contribution in [0.15, 0.2) is 42.5 Å². The highest BCUT2D eigenvalue weighted by Gasteiger charge is 2.36. The minimum Gasteiger partial charge on any atom is -0.496 e. The highest BCUT2D eigenvalue weighted by atomic mass is 16.7. The molecule has 1 heterocycles. The van der Waals surface area contributed by atoms with E-state index in [-0.39, 0.29) is 6.61 Å². The van der Waals surface area contributed by atoms with Gasteiger partial charge in [0.15, 0.2) is 5.79 Å². The third-order valence-corrected chi connectivity index (χ3v) is 4.80. The molecule has 0 aliphatic carbocycles. The van der Waals surface area contributed by atoms with Crippen LogP contribution in [0.5, 0.6) is 5.75 Å². The first-order chi connectivity index (χ1) is 12.2. The summed E-state index contributed by atoms with van der Waals surface area (Å²) in [7, 11) is 1.62. The number of aliphatic hydroxyl groups excluding tert-OH is 1. The van der Waals surface area contributed by atoms with Crippen molar-refractivity contribution in [3.05, 3.63) is 64.7 Å². The molecule has 0 radical (unpaired) electrons. The van der Waals surface area contributed by atoms with Crippen molar-refractivity contribution in [1.82, 2.24) is 0 Å². The van der Waals surface area contributed by atoms with Gasteiger partial charge < -0.3 is 19.3 Å². The molecule has 1 aliphatic heterocycles. The first-order valence-corrected chi connectivity index (χ1v) is 8.84. The van der Waals surface area contributed by atoms with Crippen LogP contribution in [0.4, 0.5) is 0 Å². The first kappa shape index (κ1) is 17.9. The molecule has 1 saturated heterocycles. The minimum atomic E-state index is -0.583. The summed E-state index contributed by atoms with van der Waals surface area (Å²) in [5, 5.41) is 9.46. The number of hydrogen-bond donors (Lipinski definition) is 1. The molecule has 0 atom stereocenters. The fraction of sp³-hybridized carbons (Fsp3) is 0.429. The van der Waals surface area contributed by atoms with E-state index >= 15 is 0 Å². The topological polar surface area (TPSA) is 47.9 Å². The normalized spacial score (nSPS) is 16.1. The SMILES string of the molecule is CCC1(c2cccc(CCc3ccc(OC)c(CO)c3)c2)OCCO1. The van der Waals surface area contributed by atoms with E-state index in [1.807, 2.05) is 12.1 Å². The molecule has 2 aromatic rings. The van der Waals surface area contributed by atoms with Gasteiger partial charge in [-0.05, 0) is 36.1 Å². The lowest BCUT2D eigenvalue weighted by Crippen LogP contribution is -2.26. The van der Waals surface area contributed by atoms with E-state index in [0.717, 1.165) is 36.1 Å². The highest BCUT2D eigenvalue weighted by Crippen LogP contribution is 2.35. The number of methoxy groups -OCH3 is 1. The van der Waals surface area contributed by atoms with Gasteiger partial charge in [-0.15, -0.1) is 0 Å². The maximum Gasteiger partial charge on any atom is 0.194 e. The molecule has 0 saturated carbocycles. The zero-order chi connectivity index (χ0) is 17.7. The number of ether oxygens (including phenoxy) is 3. The molecule has 0 amide bonds. The van der Waals surface area contributed by atoms with Gasteiger partial charge in [0.1, 0.15) is 5.75 Å². The van der Waals surface area contributed by atoms with Crippen molar-refractivity contribution in [3.8, 4) is 5.75 Å². The van der Waals surface area contributed by atoms with Gasteiger partial charge in [0.05, 0.1) is 26.9 Å². The number of aliphatic hydroxyl groups is 1. The molecule has 1 fully saturated rings. The Morgan fingerprint density at radius 2 is 1.76 bits per heavy atom. The van der Waals surface area contributed by atoms with Crippen molar-refractivity contribution in [3.63, 3.8) is 0 Å². The van der Waals surface area contributed by atoms with E-state index in [1.54, 1.807) is 7.11 Å². The fourth-order valence-electron chi connectivity index (χ4n) is 3.39. The van der Waals surface area contributed by atoms with Gasteiger partial charge in [0.2, 0.25) is 0 Å². The standard InChI is InChI=1S/C21H26O4/c1-3-21(24-11-12-25-21)19-6-4-5-16(14-19)7-8-17-9-10-20(23-2)18(13-17)15-22/h4-6,9-10,13-14,22H,3,7-8,11-12,15H2,1-2H3. The maximum absolute atomic E-state index is 9.46. The molecule has 1 aliphatic rings. The molecule has 0 bridgehead atoms. The summed E-state index contributed by atoms with van der Waals surface area (Å²) in [4.78, 5) is 0. The molecule has 0 aromatic heterocycles. The number of aryl methyl sites for hydroxylation is 2. The third-order valence-electron chi connectivity index (χ3n) is 4.80. The Hall–Kier alpha value is -1.88. The predicted octanol–water partition coefficient (Wildman–Crippen LogP) is 3.58. The van der Waals surface area contributed by atoms with Crippen molar-refractivity contribution < 1.29 is 19.3 Å². The number of hydrogen-bond acceptors (Lipinski definition) is 4. The van der Waals surface area contributed by atoms with Gasteiger partial charge in [0.25, 0.3) is 0 Å². The van der Waals surface area contributed by atoms with Crippen LogP contribution in [0.25, 0.3) is 0 Å². The van der Waals surface area contributed by atoms with E-state index in [1.165, 1.54) is 11.1 Å². The second kappa shape index (κ2) is 8.00. The third kappa shape index (κ3) is 3.87. The van der Waals surface area contributed by atoms with Gasteiger partial charge in [-0.2, -0.15) is 0 Å². The molecule has 134 valence electrons. The van der Waals surface area contributed by atoms with E-state index in [2.05, 4.69) is 37.3 Å². The quantitative estimate of drug-likeness (QED) is 0.835. The smallest absolute Gasteiger partial charge is 0.194 e. The van der Waals surface area contributed by atoms with Crippen molar-refractivity contribution in [2.75, 3.05) is 20.3 Å². The Kier molecular flexibility index (Phi) is 5.74. The Balaban J connectivity index is 1.73. The van der Waals surface area contributed by atoms with Crippen LogP contribution >= 0.6 is 0 Å². The summed E-state index contributed by atoms with van der Waals surface area (Å²) in [5.74, 6) is 0.147. The van der Waals surface area contributed by atoms with Crippen LogP contribution < -0.4 is 4.74 Å². The molecule has 2 aromatic carbocycles. The molecular weight excluding hydrogens is 316 g/mol. The second-order valence-corrected chi connectivity index (χ2v) is 6.31. The van der Waals surface area contributed by atoms with Crippen LogP contribution in [-0.2, 0) is 34.7 Å². The van der Waals surface area contributed by atoms with Gasteiger partial charge in [0, 0.05) is 17.5 Å². The van der Waals surface area contributed by atoms with Crippen LogP contribution in [0.1, 0.15) is 35.6 Å². The summed E-state index contributed by atoms with van der Waals surface area (Å²) < 4.78 is 17.0. The van der Waals surface area contributed by atoms with Crippen molar-refractivity contribution in [1.29, 1.82) is 0 Å². The molecular formula is C21H26O4. The minimum absolute atomic E-state index is 0.0137. The summed E-state index contributed by atoms with van der Waals surface area (Å²) in [6.07, 6.45) is 2.63. The maximum atomic E-state index is 9.46. The molecule has 4 nitrogen and oxygen atoms in total. The van der Waals surface area contributed by atoms with Gasteiger partial charge in [-0.1, -0.05) is 37.3 Å². The summed E-state index contributed by atoms with van der Waals surface area (Å²) in [5.41, 5.74) is 4.36. The predicted molar refractivity (Wildman–Crippen MR) is 96.6 cm³/mol. The van der Waals surface area contributed by atoms with Crippen LogP contribution in [0, 0.1) is 0 Å². The van der Waals surface area contributed by atoms with Gasteiger partial charge >= 0.3 is 0 Å². The molecule has 25 heavy (non-hydrogen) atoms. The van der Waals surface area contributed by atoms with Gasteiger partial charge in [-0.25, -0.2) is 0 Å². The van der Waals surface area contributed by atoms with E-state index in [9.17, 15) is 5.11 Å². The van der Waals surface area contributed by atoms with E-state index < -0.39 is 5.79 Å². The van der Waals surface area contributed by atoms with Crippen molar-refractivity contribution in [2.24, 2.45) is 0 Å². The largest absolute Gasteiger partial charge is 0.496 e. The lowest BCUT2D eigenvalue weighted by molar-refractivity contribution is -0.167. The molecule has 0 unspecified atom stereocenters. The Labute approximate surface area is 149 Å². The molecule has 0 spiro atoms. The van der Waals surface area contributed by atoms with Crippen LogP contribution in [0.3, 0.4) is 0 Å².